The average Bonchev–Trinajstić information content (AvgIpc) is 2.72. The molecule has 2 rings (SSSR count). The van der Waals surface area contributed by atoms with Crippen molar-refractivity contribution < 1.29 is 19.5 Å². The Morgan fingerprint density at radius 1 is 1.17 bits per heavy atom. The van der Waals surface area contributed by atoms with E-state index in [-0.39, 0.29) is 0 Å². The first-order valence-corrected chi connectivity index (χ1v) is 7.99. The minimum Gasteiger partial charge on any atom is -0.399 e. The summed E-state index contributed by atoms with van der Waals surface area (Å²) in [5, 5.41) is 23.3. The summed E-state index contributed by atoms with van der Waals surface area (Å²) >= 11 is 0. The van der Waals surface area contributed by atoms with E-state index >= 15 is 0 Å². The number of rotatable bonds is 6. The lowest BCUT2D eigenvalue weighted by Gasteiger charge is -2.32. The average molecular weight is 322 g/mol. The zero-order valence-corrected chi connectivity index (χ0v) is 14.5. The molecule has 1 aliphatic rings. The van der Waals surface area contributed by atoms with Crippen LogP contribution in [0.25, 0.3) is 0 Å². The fourth-order valence-electron chi connectivity index (χ4n) is 2.42. The van der Waals surface area contributed by atoms with E-state index in [0.717, 1.165) is 5.46 Å². The van der Waals surface area contributed by atoms with E-state index in [2.05, 4.69) is 10.3 Å². The molecule has 0 aliphatic carbocycles. The molecule has 0 amide bonds. The van der Waals surface area contributed by atoms with E-state index < -0.39 is 30.5 Å². The van der Waals surface area contributed by atoms with E-state index in [9.17, 15) is 10.2 Å². The van der Waals surface area contributed by atoms with E-state index in [4.69, 9.17) is 9.31 Å². The van der Waals surface area contributed by atoms with Gasteiger partial charge in [-0.15, -0.1) is 0 Å². The number of aromatic nitrogens is 1. The quantitative estimate of drug-likeness (QED) is 0.657. The monoisotopic (exact) mass is 322 g/mol. The minimum atomic E-state index is -0.988. The summed E-state index contributed by atoms with van der Waals surface area (Å²) < 4.78 is 12.0. The summed E-state index contributed by atoms with van der Waals surface area (Å²) in [4.78, 5) is 4.16. The van der Waals surface area contributed by atoms with Crippen LogP contribution in [0.3, 0.4) is 0 Å². The molecule has 0 bridgehead atoms. The summed E-state index contributed by atoms with van der Waals surface area (Å²) in [5.41, 5.74) is 0.429. The third kappa shape index (κ3) is 3.92. The highest BCUT2D eigenvalue weighted by atomic mass is 16.7. The SMILES string of the molecule is CNCCC(O)C(O)c1cncc(B2OC(C)(C)C(C)(C)O2)c1. The predicted octanol–water partition coefficient (Wildman–Crippen LogP) is 0.385. The van der Waals surface area contributed by atoms with Gasteiger partial charge < -0.3 is 24.8 Å². The van der Waals surface area contributed by atoms with Crippen LogP contribution in [0, 0.1) is 0 Å². The Hall–Kier alpha value is -0.985. The third-order valence-corrected chi connectivity index (χ3v) is 4.70. The molecule has 1 saturated heterocycles. The Bertz CT molecular complexity index is 523. The smallest absolute Gasteiger partial charge is 0.399 e. The number of hydrogen-bond acceptors (Lipinski definition) is 6. The summed E-state index contributed by atoms with van der Waals surface area (Å²) in [6, 6.07) is 1.78. The third-order valence-electron chi connectivity index (χ3n) is 4.70. The van der Waals surface area contributed by atoms with Gasteiger partial charge in [0.15, 0.2) is 0 Å². The van der Waals surface area contributed by atoms with E-state index in [0.29, 0.717) is 18.5 Å². The molecule has 3 N–H and O–H groups in total. The van der Waals surface area contributed by atoms with Crippen LogP contribution in [0.2, 0.25) is 0 Å². The molecule has 2 atom stereocenters. The van der Waals surface area contributed by atoms with Crippen molar-refractivity contribution in [1.82, 2.24) is 10.3 Å². The summed E-state index contributed by atoms with van der Waals surface area (Å²) in [7, 11) is 1.27. The van der Waals surface area contributed by atoms with Crippen LogP contribution < -0.4 is 10.8 Å². The molecular formula is C16H27BN2O4. The van der Waals surface area contributed by atoms with Crippen molar-refractivity contribution in [2.75, 3.05) is 13.6 Å². The van der Waals surface area contributed by atoms with Crippen LogP contribution in [-0.4, -0.2) is 53.2 Å². The Kier molecular flexibility index (Phi) is 5.48. The topological polar surface area (TPSA) is 83.8 Å². The number of nitrogens with zero attached hydrogens (tertiary/aromatic N) is 1. The molecule has 0 spiro atoms. The molecule has 6 nitrogen and oxygen atoms in total. The number of pyridine rings is 1. The van der Waals surface area contributed by atoms with Crippen LogP contribution in [0.1, 0.15) is 45.8 Å². The van der Waals surface area contributed by atoms with Gasteiger partial charge in [0.25, 0.3) is 0 Å². The fraction of sp³-hybridized carbons (Fsp3) is 0.688. The van der Waals surface area contributed by atoms with E-state index in [1.165, 1.54) is 0 Å². The van der Waals surface area contributed by atoms with Gasteiger partial charge in [-0.2, -0.15) is 0 Å². The van der Waals surface area contributed by atoms with Crippen molar-refractivity contribution in [3.8, 4) is 0 Å². The number of nitrogens with one attached hydrogen (secondary N) is 1. The second-order valence-electron chi connectivity index (χ2n) is 7.04. The Morgan fingerprint density at radius 2 is 1.78 bits per heavy atom. The molecule has 1 aliphatic heterocycles. The first-order valence-electron chi connectivity index (χ1n) is 7.99. The van der Waals surface area contributed by atoms with Crippen molar-refractivity contribution in [3.63, 3.8) is 0 Å². The summed E-state index contributed by atoms with van der Waals surface area (Å²) in [6.45, 7) is 8.57. The zero-order chi connectivity index (χ0) is 17.3. The molecule has 128 valence electrons. The molecule has 0 aromatic carbocycles. The molecular weight excluding hydrogens is 295 g/mol. The first kappa shape index (κ1) is 18.4. The lowest BCUT2D eigenvalue weighted by molar-refractivity contribution is 0.00578. The van der Waals surface area contributed by atoms with Crippen molar-refractivity contribution in [1.29, 1.82) is 0 Å². The van der Waals surface area contributed by atoms with Gasteiger partial charge in [-0.05, 0) is 47.7 Å². The van der Waals surface area contributed by atoms with E-state index in [1.54, 1.807) is 25.5 Å². The number of aliphatic hydroxyl groups is 2. The maximum atomic E-state index is 10.3. The lowest BCUT2D eigenvalue weighted by atomic mass is 9.79. The molecule has 1 aromatic rings. The van der Waals surface area contributed by atoms with Gasteiger partial charge in [0.1, 0.15) is 6.10 Å². The highest BCUT2D eigenvalue weighted by Crippen LogP contribution is 2.36. The summed E-state index contributed by atoms with van der Waals surface area (Å²) in [6.07, 6.45) is 1.84. The molecule has 0 saturated carbocycles. The predicted molar refractivity (Wildman–Crippen MR) is 89.5 cm³/mol. The van der Waals surface area contributed by atoms with Gasteiger partial charge in [0.2, 0.25) is 0 Å². The van der Waals surface area contributed by atoms with Crippen molar-refractivity contribution >= 4 is 12.6 Å². The minimum absolute atomic E-state index is 0.432. The van der Waals surface area contributed by atoms with Gasteiger partial charge >= 0.3 is 7.12 Å². The van der Waals surface area contributed by atoms with Crippen LogP contribution in [0.15, 0.2) is 18.5 Å². The second kappa shape index (κ2) is 6.87. The normalized spacial score (nSPS) is 22.1. The standard InChI is InChI=1S/C16H27BN2O4/c1-15(2)16(3,4)23-17(22-15)12-8-11(9-19-10-12)14(21)13(20)6-7-18-5/h8-10,13-14,18,20-21H,6-7H2,1-5H3. The van der Waals surface area contributed by atoms with Crippen LogP contribution in [0.4, 0.5) is 0 Å². The molecule has 7 heteroatoms. The largest absolute Gasteiger partial charge is 0.496 e. The fourth-order valence-corrected chi connectivity index (χ4v) is 2.42. The number of aliphatic hydroxyl groups excluding tert-OH is 2. The molecule has 0 radical (unpaired) electrons. The van der Waals surface area contributed by atoms with Crippen LogP contribution in [-0.2, 0) is 9.31 Å². The van der Waals surface area contributed by atoms with Gasteiger partial charge in [0.05, 0.1) is 17.3 Å². The Balaban J connectivity index is 2.15. The highest BCUT2D eigenvalue weighted by molar-refractivity contribution is 6.62. The van der Waals surface area contributed by atoms with Crippen LogP contribution in [0.5, 0.6) is 0 Å². The van der Waals surface area contributed by atoms with Crippen LogP contribution >= 0.6 is 0 Å². The lowest BCUT2D eigenvalue weighted by Crippen LogP contribution is -2.41. The van der Waals surface area contributed by atoms with Crippen molar-refractivity contribution in [2.24, 2.45) is 0 Å². The molecule has 23 heavy (non-hydrogen) atoms. The van der Waals surface area contributed by atoms with Gasteiger partial charge in [-0.25, -0.2) is 0 Å². The summed E-state index contributed by atoms with van der Waals surface area (Å²) in [5.74, 6) is 0. The second-order valence-corrected chi connectivity index (χ2v) is 7.04. The molecule has 1 fully saturated rings. The maximum Gasteiger partial charge on any atom is 0.496 e. The Labute approximate surface area is 138 Å². The van der Waals surface area contributed by atoms with Gasteiger partial charge in [-0.3, -0.25) is 4.98 Å². The van der Waals surface area contributed by atoms with Crippen molar-refractivity contribution in [3.05, 3.63) is 24.0 Å². The van der Waals surface area contributed by atoms with E-state index in [1.807, 2.05) is 27.7 Å². The maximum absolute atomic E-state index is 10.3. The highest BCUT2D eigenvalue weighted by Gasteiger charge is 2.51. The molecule has 2 unspecified atom stereocenters. The zero-order valence-electron chi connectivity index (χ0n) is 14.5. The van der Waals surface area contributed by atoms with Crippen molar-refractivity contribution in [2.45, 2.75) is 57.5 Å². The molecule has 1 aromatic heterocycles. The first-order chi connectivity index (χ1) is 10.7. The number of hydrogen-bond donors (Lipinski definition) is 3. The Morgan fingerprint density at radius 3 is 2.35 bits per heavy atom. The van der Waals surface area contributed by atoms with Gasteiger partial charge in [0, 0.05) is 23.4 Å². The molecule has 2 heterocycles. The van der Waals surface area contributed by atoms with Gasteiger partial charge in [-0.1, -0.05) is 6.07 Å².